The SMILES string of the molecule is Nc1ccc(C(=O)O)c(NCc2cc(Br)cs2)c1. The molecule has 1 aromatic carbocycles. The summed E-state index contributed by atoms with van der Waals surface area (Å²) in [4.78, 5) is 12.2. The molecule has 1 heterocycles. The molecule has 0 radical (unpaired) electrons. The first-order valence-electron chi connectivity index (χ1n) is 5.16. The molecule has 1 aromatic heterocycles. The lowest BCUT2D eigenvalue weighted by molar-refractivity contribution is 0.0698. The van der Waals surface area contributed by atoms with Gasteiger partial charge in [-0.3, -0.25) is 0 Å². The third kappa shape index (κ3) is 3.02. The topological polar surface area (TPSA) is 75.4 Å². The quantitative estimate of drug-likeness (QED) is 0.752. The summed E-state index contributed by atoms with van der Waals surface area (Å²) in [6.45, 7) is 0.569. The standard InChI is InChI=1S/C12H11BrN2O2S/c13-7-3-9(18-6-7)5-15-11-4-8(14)1-2-10(11)12(16)17/h1-4,6,15H,5,14H2,(H,16,17). The van der Waals surface area contributed by atoms with Crippen molar-refractivity contribution in [3.63, 3.8) is 0 Å². The second-order valence-electron chi connectivity index (χ2n) is 3.69. The number of hydrogen-bond acceptors (Lipinski definition) is 4. The number of rotatable bonds is 4. The Labute approximate surface area is 117 Å². The molecule has 0 aliphatic rings. The minimum Gasteiger partial charge on any atom is -0.478 e. The van der Waals surface area contributed by atoms with Crippen LogP contribution in [0.4, 0.5) is 11.4 Å². The molecule has 0 fully saturated rings. The lowest BCUT2D eigenvalue weighted by Gasteiger charge is -2.09. The number of thiophene rings is 1. The molecule has 94 valence electrons. The van der Waals surface area contributed by atoms with Crippen molar-refractivity contribution in [2.24, 2.45) is 0 Å². The molecule has 0 aliphatic carbocycles. The van der Waals surface area contributed by atoms with Gasteiger partial charge in [-0.25, -0.2) is 4.79 Å². The first-order valence-corrected chi connectivity index (χ1v) is 6.83. The van der Waals surface area contributed by atoms with E-state index in [0.29, 0.717) is 17.9 Å². The van der Waals surface area contributed by atoms with Crippen molar-refractivity contribution in [1.29, 1.82) is 0 Å². The average molecular weight is 327 g/mol. The van der Waals surface area contributed by atoms with Gasteiger partial charge in [-0.05, 0) is 40.2 Å². The van der Waals surface area contributed by atoms with Gasteiger partial charge in [0.1, 0.15) is 0 Å². The van der Waals surface area contributed by atoms with Crippen molar-refractivity contribution in [3.05, 3.63) is 44.6 Å². The Morgan fingerprint density at radius 2 is 2.22 bits per heavy atom. The number of aromatic carboxylic acids is 1. The molecule has 4 nitrogen and oxygen atoms in total. The van der Waals surface area contributed by atoms with Gasteiger partial charge in [0.25, 0.3) is 0 Å². The van der Waals surface area contributed by atoms with Crippen LogP contribution < -0.4 is 11.1 Å². The zero-order chi connectivity index (χ0) is 13.1. The zero-order valence-corrected chi connectivity index (χ0v) is 11.7. The van der Waals surface area contributed by atoms with Crippen LogP contribution in [-0.2, 0) is 6.54 Å². The minimum absolute atomic E-state index is 0.222. The molecule has 0 saturated carbocycles. The normalized spacial score (nSPS) is 10.3. The maximum atomic E-state index is 11.1. The molecule has 0 saturated heterocycles. The first-order chi connectivity index (χ1) is 8.56. The third-order valence-electron chi connectivity index (χ3n) is 2.35. The van der Waals surface area contributed by atoms with Crippen molar-refractivity contribution in [2.45, 2.75) is 6.54 Å². The summed E-state index contributed by atoms with van der Waals surface area (Å²) in [5.41, 5.74) is 6.96. The van der Waals surface area contributed by atoms with E-state index in [-0.39, 0.29) is 5.56 Å². The van der Waals surface area contributed by atoms with Crippen LogP contribution in [0.5, 0.6) is 0 Å². The van der Waals surface area contributed by atoms with Gasteiger partial charge in [-0.15, -0.1) is 11.3 Å². The summed E-state index contributed by atoms with van der Waals surface area (Å²) < 4.78 is 1.02. The molecular formula is C12H11BrN2O2S. The second-order valence-corrected chi connectivity index (χ2v) is 5.61. The summed E-state index contributed by atoms with van der Waals surface area (Å²) in [6, 6.07) is 6.71. The summed E-state index contributed by atoms with van der Waals surface area (Å²) in [5.74, 6) is -0.968. The van der Waals surface area contributed by atoms with E-state index in [9.17, 15) is 4.79 Å². The summed E-state index contributed by atoms with van der Waals surface area (Å²) in [7, 11) is 0. The van der Waals surface area contributed by atoms with Crippen LogP contribution in [0.2, 0.25) is 0 Å². The van der Waals surface area contributed by atoms with Gasteiger partial charge in [0.2, 0.25) is 0 Å². The molecular weight excluding hydrogens is 316 g/mol. The van der Waals surface area contributed by atoms with Gasteiger partial charge in [0, 0.05) is 27.0 Å². The van der Waals surface area contributed by atoms with Crippen molar-refractivity contribution in [1.82, 2.24) is 0 Å². The highest BCUT2D eigenvalue weighted by Gasteiger charge is 2.10. The lowest BCUT2D eigenvalue weighted by atomic mass is 10.1. The Kier molecular flexibility index (Phi) is 3.88. The first kappa shape index (κ1) is 12.9. The Balaban J connectivity index is 2.17. The van der Waals surface area contributed by atoms with Gasteiger partial charge < -0.3 is 16.2 Å². The fraction of sp³-hybridized carbons (Fsp3) is 0.0833. The van der Waals surface area contributed by atoms with E-state index in [0.717, 1.165) is 9.35 Å². The molecule has 0 spiro atoms. The summed E-state index contributed by atoms with van der Waals surface area (Å²) >= 11 is 4.98. The molecule has 0 unspecified atom stereocenters. The predicted molar refractivity (Wildman–Crippen MR) is 77.2 cm³/mol. The highest BCUT2D eigenvalue weighted by Crippen LogP contribution is 2.23. The molecule has 4 N–H and O–H groups in total. The number of nitrogens with one attached hydrogen (secondary N) is 1. The Morgan fingerprint density at radius 1 is 1.44 bits per heavy atom. The number of carboxylic acid groups (broad SMARTS) is 1. The van der Waals surface area contributed by atoms with E-state index >= 15 is 0 Å². The van der Waals surface area contributed by atoms with Crippen LogP contribution >= 0.6 is 27.3 Å². The number of anilines is 2. The van der Waals surface area contributed by atoms with Crippen LogP contribution in [0.3, 0.4) is 0 Å². The van der Waals surface area contributed by atoms with Gasteiger partial charge in [0.05, 0.1) is 11.3 Å². The fourth-order valence-corrected chi connectivity index (χ4v) is 2.91. The van der Waals surface area contributed by atoms with E-state index in [4.69, 9.17) is 10.8 Å². The Bertz CT molecular complexity index is 583. The van der Waals surface area contributed by atoms with Gasteiger partial charge in [0.15, 0.2) is 0 Å². The van der Waals surface area contributed by atoms with Crippen molar-refractivity contribution < 1.29 is 9.90 Å². The fourth-order valence-electron chi connectivity index (χ4n) is 1.52. The number of halogens is 1. The number of nitrogen functional groups attached to an aromatic ring is 1. The highest BCUT2D eigenvalue weighted by atomic mass is 79.9. The van der Waals surface area contributed by atoms with Crippen molar-refractivity contribution in [3.8, 4) is 0 Å². The smallest absolute Gasteiger partial charge is 0.337 e. The molecule has 18 heavy (non-hydrogen) atoms. The molecule has 0 amide bonds. The van der Waals surface area contributed by atoms with Crippen molar-refractivity contribution in [2.75, 3.05) is 11.1 Å². The molecule has 2 aromatic rings. The monoisotopic (exact) mass is 326 g/mol. The van der Waals surface area contributed by atoms with E-state index < -0.39 is 5.97 Å². The predicted octanol–water partition coefficient (Wildman–Crippen LogP) is 3.40. The molecule has 6 heteroatoms. The number of benzene rings is 1. The van der Waals surface area contributed by atoms with Gasteiger partial charge >= 0.3 is 5.97 Å². The van der Waals surface area contributed by atoms with Gasteiger partial charge in [-0.2, -0.15) is 0 Å². The number of carbonyl (C=O) groups is 1. The third-order valence-corrected chi connectivity index (χ3v) is 4.05. The van der Waals surface area contributed by atoms with E-state index in [1.54, 1.807) is 23.5 Å². The number of carboxylic acids is 1. The maximum absolute atomic E-state index is 11.1. The summed E-state index contributed by atoms with van der Waals surface area (Å²) in [6.07, 6.45) is 0. The van der Waals surface area contributed by atoms with Gasteiger partial charge in [-0.1, -0.05) is 0 Å². The van der Waals surface area contributed by atoms with Crippen LogP contribution in [0.15, 0.2) is 34.1 Å². The van der Waals surface area contributed by atoms with Crippen molar-refractivity contribution >= 4 is 44.6 Å². The number of nitrogens with two attached hydrogens (primary N) is 1. The molecule has 0 aliphatic heterocycles. The molecule has 0 atom stereocenters. The van der Waals surface area contributed by atoms with Crippen LogP contribution in [0.1, 0.15) is 15.2 Å². The molecule has 2 rings (SSSR count). The maximum Gasteiger partial charge on any atom is 0.337 e. The lowest BCUT2D eigenvalue weighted by Crippen LogP contribution is -2.06. The van der Waals surface area contributed by atoms with E-state index in [1.165, 1.54) is 6.07 Å². The number of hydrogen-bond donors (Lipinski definition) is 3. The van der Waals surface area contributed by atoms with E-state index in [2.05, 4.69) is 21.2 Å². The molecule has 0 bridgehead atoms. The second kappa shape index (κ2) is 5.41. The summed E-state index contributed by atoms with van der Waals surface area (Å²) in [5, 5.41) is 14.1. The van der Waals surface area contributed by atoms with Crippen LogP contribution in [0.25, 0.3) is 0 Å². The largest absolute Gasteiger partial charge is 0.478 e. The van der Waals surface area contributed by atoms with Crippen LogP contribution in [-0.4, -0.2) is 11.1 Å². The Hall–Kier alpha value is -1.53. The zero-order valence-electron chi connectivity index (χ0n) is 9.31. The average Bonchev–Trinajstić information content (AvgIpc) is 2.72. The minimum atomic E-state index is -0.968. The Morgan fingerprint density at radius 3 is 2.83 bits per heavy atom. The van der Waals surface area contributed by atoms with E-state index in [1.807, 2.05) is 11.4 Å². The highest BCUT2D eigenvalue weighted by molar-refractivity contribution is 9.10. The van der Waals surface area contributed by atoms with Crippen LogP contribution in [0, 0.1) is 0 Å².